The van der Waals surface area contributed by atoms with E-state index in [-0.39, 0.29) is 24.0 Å². The Morgan fingerprint density at radius 2 is 1.84 bits per heavy atom. The van der Waals surface area contributed by atoms with E-state index in [0.29, 0.717) is 30.5 Å². The van der Waals surface area contributed by atoms with Crippen LogP contribution in [0.1, 0.15) is 11.1 Å². The van der Waals surface area contributed by atoms with Crippen molar-refractivity contribution < 1.29 is 9.47 Å². The third-order valence-electron chi connectivity index (χ3n) is 3.49. The number of halogens is 2. The Labute approximate surface area is 170 Å². The summed E-state index contributed by atoms with van der Waals surface area (Å²) < 4.78 is 10.5. The Morgan fingerprint density at radius 3 is 2.52 bits per heavy atom. The number of rotatable bonds is 7. The second-order valence-electron chi connectivity index (χ2n) is 5.20. The van der Waals surface area contributed by atoms with E-state index in [1.807, 2.05) is 42.5 Å². The van der Waals surface area contributed by atoms with Crippen molar-refractivity contribution >= 4 is 41.5 Å². The lowest BCUT2D eigenvalue weighted by Crippen LogP contribution is -2.33. The van der Waals surface area contributed by atoms with E-state index >= 15 is 0 Å². The van der Waals surface area contributed by atoms with Crippen molar-refractivity contribution in [2.24, 2.45) is 10.7 Å². The molecule has 2 rings (SSSR count). The number of nitrogens with two attached hydrogens (primary N) is 1. The maximum atomic E-state index is 5.96. The molecule has 0 heterocycles. The van der Waals surface area contributed by atoms with Crippen LogP contribution in [0.2, 0.25) is 5.02 Å². The van der Waals surface area contributed by atoms with Gasteiger partial charge in [-0.15, -0.1) is 24.0 Å². The molecule has 0 atom stereocenters. The molecule has 3 N–H and O–H groups in total. The second kappa shape index (κ2) is 11.0. The molecule has 5 nitrogen and oxygen atoms in total. The molecular weight excluding hydrogens is 453 g/mol. The molecule has 0 aliphatic heterocycles. The molecule has 2 aromatic carbocycles. The lowest BCUT2D eigenvalue weighted by molar-refractivity contribution is 0.354. The number of nitrogens with zero attached hydrogens (tertiary/aromatic N) is 1. The van der Waals surface area contributed by atoms with E-state index < -0.39 is 0 Å². The molecule has 7 heteroatoms. The first-order chi connectivity index (χ1) is 11.6. The van der Waals surface area contributed by atoms with Gasteiger partial charge in [0.2, 0.25) is 0 Å². The summed E-state index contributed by atoms with van der Waals surface area (Å²) in [5.41, 5.74) is 8.05. The zero-order valence-electron chi connectivity index (χ0n) is 14.3. The molecule has 0 bridgehead atoms. The number of guanidine groups is 1. The minimum Gasteiger partial charge on any atom is -0.493 e. The van der Waals surface area contributed by atoms with Crippen LogP contribution in [0.15, 0.2) is 47.5 Å². The molecule has 0 saturated heterocycles. The summed E-state index contributed by atoms with van der Waals surface area (Å²) in [6.07, 6.45) is 0.827. The van der Waals surface area contributed by atoms with Gasteiger partial charge in [-0.25, -0.2) is 4.99 Å². The normalized spacial score (nSPS) is 10.8. The molecule has 0 radical (unpaired) electrons. The number of hydrogen-bond donors (Lipinski definition) is 2. The second-order valence-corrected chi connectivity index (χ2v) is 5.63. The van der Waals surface area contributed by atoms with Crippen molar-refractivity contribution in [3.05, 3.63) is 58.6 Å². The number of benzene rings is 2. The van der Waals surface area contributed by atoms with Crippen molar-refractivity contribution in [3.63, 3.8) is 0 Å². The summed E-state index contributed by atoms with van der Waals surface area (Å²) in [7, 11) is 3.22. The molecule has 0 aliphatic rings. The highest BCUT2D eigenvalue weighted by Crippen LogP contribution is 2.27. The summed E-state index contributed by atoms with van der Waals surface area (Å²) in [6.45, 7) is 1.16. The Balaban J connectivity index is 0.00000312. The van der Waals surface area contributed by atoms with Crippen LogP contribution in [0.5, 0.6) is 11.5 Å². The highest BCUT2D eigenvalue weighted by atomic mass is 127. The van der Waals surface area contributed by atoms with Gasteiger partial charge < -0.3 is 20.5 Å². The van der Waals surface area contributed by atoms with Gasteiger partial charge in [-0.1, -0.05) is 29.8 Å². The fourth-order valence-electron chi connectivity index (χ4n) is 2.24. The van der Waals surface area contributed by atoms with Gasteiger partial charge in [0.1, 0.15) is 0 Å². The first-order valence-electron chi connectivity index (χ1n) is 7.61. The number of ether oxygens (including phenoxy) is 2. The highest BCUT2D eigenvalue weighted by molar-refractivity contribution is 14.0. The smallest absolute Gasteiger partial charge is 0.188 e. The molecule has 0 aromatic heterocycles. The average Bonchev–Trinajstić information content (AvgIpc) is 2.59. The topological polar surface area (TPSA) is 68.9 Å². The lowest BCUT2D eigenvalue weighted by atomic mass is 10.1. The summed E-state index contributed by atoms with van der Waals surface area (Å²) in [5.74, 6) is 1.78. The Morgan fingerprint density at radius 1 is 1.08 bits per heavy atom. The average molecular weight is 476 g/mol. The summed E-state index contributed by atoms with van der Waals surface area (Å²) in [6, 6.07) is 13.5. The Hall–Kier alpha value is -1.67. The quantitative estimate of drug-likeness (QED) is 0.365. The van der Waals surface area contributed by atoms with E-state index in [0.717, 1.165) is 22.6 Å². The van der Waals surface area contributed by atoms with E-state index in [1.54, 1.807) is 14.2 Å². The van der Waals surface area contributed by atoms with E-state index in [4.69, 9.17) is 26.8 Å². The molecule has 0 spiro atoms. The van der Waals surface area contributed by atoms with Crippen LogP contribution in [0.3, 0.4) is 0 Å². The molecule has 0 unspecified atom stereocenters. The fraction of sp³-hybridized carbons (Fsp3) is 0.278. The largest absolute Gasteiger partial charge is 0.493 e. The molecule has 0 aliphatic carbocycles. The van der Waals surface area contributed by atoms with Gasteiger partial charge in [0, 0.05) is 11.6 Å². The fourth-order valence-corrected chi connectivity index (χ4v) is 2.45. The van der Waals surface area contributed by atoms with E-state index in [9.17, 15) is 0 Å². The minimum absolute atomic E-state index is 0. The van der Waals surface area contributed by atoms with Crippen molar-refractivity contribution in [1.29, 1.82) is 0 Å². The summed E-state index contributed by atoms with van der Waals surface area (Å²) in [5, 5.41) is 3.84. The molecule has 0 fully saturated rings. The SMILES string of the molecule is COc1ccc(CN=C(N)NCCc2cccc(Cl)c2)cc1OC.I. The number of aliphatic imine (C=N–C) groups is 1. The number of hydrogen-bond acceptors (Lipinski definition) is 3. The van der Waals surface area contributed by atoms with E-state index in [1.165, 1.54) is 0 Å². The van der Waals surface area contributed by atoms with Crippen LogP contribution >= 0.6 is 35.6 Å². The van der Waals surface area contributed by atoms with Crippen LogP contribution < -0.4 is 20.5 Å². The maximum Gasteiger partial charge on any atom is 0.188 e. The molecule has 0 amide bonds. The molecule has 0 saturated carbocycles. The first kappa shape index (κ1) is 21.4. The van der Waals surface area contributed by atoms with Crippen LogP contribution in [-0.2, 0) is 13.0 Å². The zero-order chi connectivity index (χ0) is 17.4. The van der Waals surface area contributed by atoms with E-state index in [2.05, 4.69) is 10.3 Å². The maximum absolute atomic E-state index is 5.96. The summed E-state index contributed by atoms with van der Waals surface area (Å²) in [4.78, 5) is 4.33. The number of methoxy groups -OCH3 is 2. The Kier molecular flexibility index (Phi) is 9.44. The van der Waals surface area contributed by atoms with Gasteiger partial charge in [-0.05, 0) is 41.8 Å². The predicted molar refractivity (Wildman–Crippen MR) is 113 cm³/mol. The third-order valence-corrected chi connectivity index (χ3v) is 3.72. The minimum atomic E-state index is 0. The van der Waals surface area contributed by atoms with Crippen LogP contribution in [0, 0.1) is 0 Å². The molecule has 136 valence electrons. The van der Waals surface area contributed by atoms with Crippen molar-refractivity contribution in [2.45, 2.75) is 13.0 Å². The molecule has 25 heavy (non-hydrogen) atoms. The molecule has 2 aromatic rings. The number of nitrogens with one attached hydrogen (secondary N) is 1. The monoisotopic (exact) mass is 475 g/mol. The predicted octanol–water partition coefficient (Wildman–Crippen LogP) is 3.62. The first-order valence-corrected chi connectivity index (χ1v) is 7.99. The van der Waals surface area contributed by atoms with Gasteiger partial charge >= 0.3 is 0 Å². The van der Waals surface area contributed by atoms with Gasteiger partial charge in [-0.3, -0.25) is 0 Å². The third kappa shape index (κ3) is 6.99. The van der Waals surface area contributed by atoms with Gasteiger partial charge in [0.05, 0.1) is 20.8 Å². The van der Waals surface area contributed by atoms with Crippen LogP contribution in [0.25, 0.3) is 0 Å². The Bertz CT molecular complexity index is 710. The zero-order valence-corrected chi connectivity index (χ0v) is 17.4. The van der Waals surface area contributed by atoms with Gasteiger partial charge in [0.15, 0.2) is 17.5 Å². The molecular formula is C18H23ClIN3O2. The van der Waals surface area contributed by atoms with Crippen LogP contribution in [-0.4, -0.2) is 26.7 Å². The summed E-state index contributed by atoms with van der Waals surface area (Å²) >= 11 is 5.96. The highest BCUT2D eigenvalue weighted by Gasteiger charge is 2.04. The lowest BCUT2D eigenvalue weighted by Gasteiger charge is -2.09. The van der Waals surface area contributed by atoms with Crippen molar-refractivity contribution in [3.8, 4) is 11.5 Å². The van der Waals surface area contributed by atoms with Crippen molar-refractivity contribution in [1.82, 2.24) is 5.32 Å². The van der Waals surface area contributed by atoms with Gasteiger partial charge in [0.25, 0.3) is 0 Å². The van der Waals surface area contributed by atoms with Crippen molar-refractivity contribution in [2.75, 3.05) is 20.8 Å². The van der Waals surface area contributed by atoms with Gasteiger partial charge in [-0.2, -0.15) is 0 Å². The standard InChI is InChI=1S/C18H22ClN3O2.HI/c1-23-16-7-6-14(11-17(16)24-2)12-22-18(20)21-9-8-13-4-3-5-15(19)10-13;/h3-7,10-11H,8-9,12H2,1-2H3,(H3,20,21,22);1H. The van der Waals surface area contributed by atoms with Crippen LogP contribution in [0.4, 0.5) is 0 Å².